The van der Waals surface area contributed by atoms with Crippen LogP contribution in [0.5, 0.6) is 0 Å². The van der Waals surface area contributed by atoms with E-state index in [1.54, 1.807) is 0 Å². The molecule has 3 heteroatoms. The summed E-state index contributed by atoms with van der Waals surface area (Å²) in [5.41, 5.74) is 0. The molecule has 112 valence electrons. The Balaban J connectivity index is 1.63. The standard InChI is InChI=1S/C16H32N2S/c1-14(2)12-17-7-3-15(4-8-17)11-16-5-9-18(13-19)10-6-16/h14-16,19H,3-13H2,1-2H3. The van der Waals surface area contributed by atoms with Crippen molar-refractivity contribution in [1.29, 1.82) is 0 Å². The molecule has 2 nitrogen and oxygen atoms in total. The summed E-state index contributed by atoms with van der Waals surface area (Å²) in [6.45, 7) is 11.2. The molecule has 0 aromatic heterocycles. The molecule has 0 unspecified atom stereocenters. The van der Waals surface area contributed by atoms with Crippen LogP contribution in [-0.2, 0) is 0 Å². The molecule has 0 bridgehead atoms. The van der Waals surface area contributed by atoms with E-state index in [2.05, 4.69) is 36.3 Å². The van der Waals surface area contributed by atoms with Gasteiger partial charge in [0.1, 0.15) is 0 Å². The summed E-state index contributed by atoms with van der Waals surface area (Å²) in [5.74, 6) is 3.77. The van der Waals surface area contributed by atoms with Crippen molar-refractivity contribution in [1.82, 2.24) is 9.80 Å². The fourth-order valence-electron chi connectivity index (χ4n) is 3.76. The minimum Gasteiger partial charge on any atom is -0.303 e. The zero-order valence-corrected chi connectivity index (χ0v) is 13.7. The molecule has 0 saturated carbocycles. The van der Waals surface area contributed by atoms with Gasteiger partial charge in [-0.1, -0.05) is 13.8 Å². The van der Waals surface area contributed by atoms with Crippen LogP contribution in [0.3, 0.4) is 0 Å². The number of hydrogen-bond donors (Lipinski definition) is 1. The maximum Gasteiger partial charge on any atom is 0.0414 e. The van der Waals surface area contributed by atoms with Gasteiger partial charge in [0.05, 0.1) is 0 Å². The third-order valence-electron chi connectivity index (χ3n) is 4.90. The molecule has 0 aromatic carbocycles. The molecule has 2 aliphatic heterocycles. The van der Waals surface area contributed by atoms with E-state index < -0.39 is 0 Å². The van der Waals surface area contributed by atoms with Crippen LogP contribution in [0.4, 0.5) is 0 Å². The lowest BCUT2D eigenvalue weighted by Crippen LogP contribution is -2.38. The summed E-state index contributed by atoms with van der Waals surface area (Å²) < 4.78 is 0. The van der Waals surface area contributed by atoms with Gasteiger partial charge in [0.15, 0.2) is 0 Å². The van der Waals surface area contributed by atoms with Crippen molar-refractivity contribution >= 4 is 12.6 Å². The van der Waals surface area contributed by atoms with E-state index in [-0.39, 0.29) is 0 Å². The Morgan fingerprint density at radius 2 is 1.37 bits per heavy atom. The van der Waals surface area contributed by atoms with Gasteiger partial charge in [0.2, 0.25) is 0 Å². The molecule has 2 rings (SSSR count). The monoisotopic (exact) mass is 284 g/mol. The average Bonchev–Trinajstić information content (AvgIpc) is 2.41. The molecule has 2 saturated heterocycles. The minimum absolute atomic E-state index is 0.821. The second-order valence-electron chi connectivity index (χ2n) is 7.08. The van der Waals surface area contributed by atoms with E-state index in [1.807, 2.05) is 0 Å². The Morgan fingerprint density at radius 3 is 1.79 bits per heavy atom. The summed E-state index contributed by atoms with van der Waals surface area (Å²) in [4.78, 5) is 5.15. The van der Waals surface area contributed by atoms with Crippen molar-refractivity contribution in [2.45, 2.75) is 46.0 Å². The Kier molecular flexibility index (Phi) is 6.51. The summed E-state index contributed by atoms with van der Waals surface area (Å²) in [5, 5.41) is 0. The zero-order valence-electron chi connectivity index (χ0n) is 12.9. The molecule has 19 heavy (non-hydrogen) atoms. The SMILES string of the molecule is CC(C)CN1CCC(CC2CCN(CS)CC2)CC1. The first-order valence-corrected chi connectivity index (χ1v) is 8.86. The van der Waals surface area contributed by atoms with E-state index in [0.29, 0.717) is 0 Å². The molecule has 2 fully saturated rings. The first-order valence-electron chi connectivity index (χ1n) is 8.23. The lowest BCUT2D eigenvalue weighted by molar-refractivity contribution is 0.133. The van der Waals surface area contributed by atoms with Crippen LogP contribution in [-0.4, -0.2) is 48.4 Å². The topological polar surface area (TPSA) is 6.48 Å². The lowest BCUT2D eigenvalue weighted by atomic mass is 9.83. The summed E-state index contributed by atoms with van der Waals surface area (Å²) in [6, 6.07) is 0. The van der Waals surface area contributed by atoms with Crippen LogP contribution in [0, 0.1) is 17.8 Å². The summed E-state index contributed by atoms with van der Waals surface area (Å²) in [6.07, 6.45) is 7.20. The first-order chi connectivity index (χ1) is 9.17. The van der Waals surface area contributed by atoms with Gasteiger partial charge in [0.25, 0.3) is 0 Å². The molecule has 2 heterocycles. The quantitative estimate of drug-likeness (QED) is 0.774. The molecular weight excluding hydrogens is 252 g/mol. The summed E-state index contributed by atoms with van der Waals surface area (Å²) in [7, 11) is 0. The number of piperidine rings is 2. The largest absolute Gasteiger partial charge is 0.303 e. The third kappa shape index (κ3) is 5.28. The van der Waals surface area contributed by atoms with Gasteiger partial charge >= 0.3 is 0 Å². The Morgan fingerprint density at radius 1 is 0.895 bits per heavy atom. The molecule has 0 radical (unpaired) electrons. The number of thiol groups is 1. The zero-order chi connectivity index (χ0) is 13.7. The maximum absolute atomic E-state index is 4.38. The van der Waals surface area contributed by atoms with E-state index in [1.165, 1.54) is 64.8 Å². The van der Waals surface area contributed by atoms with Crippen molar-refractivity contribution in [2.75, 3.05) is 38.6 Å². The van der Waals surface area contributed by atoms with Crippen molar-refractivity contribution in [2.24, 2.45) is 17.8 Å². The van der Waals surface area contributed by atoms with Crippen LogP contribution in [0.2, 0.25) is 0 Å². The Bertz CT molecular complexity index is 241. The first kappa shape index (κ1) is 15.7. The highest BCUT2D eigenvalue weighted by Gasteiger charge is 2.25. The molecule has 0 aliphatic carbocycles. The predicted octanol–water partition coefficient (Wildman–Crippen LogP) is 3.34. The van der Waals surface area contributed by atoms with Crippen molar-refractivity contribution in [3.8, 4) is 0 Å². The van der Waals surface area contributed by atoms with Crippen LogP contribution < -0.4 is 0 Å². The van der Waals surface area contributed by atoms with Crippen LogP contribution in [0.1, 0.15) is 46.0 Å². The van der Waals surface area contributed by atoms with Crippen molar-refractivity contribution < 1.29 is 0 Å². The van der Waals surface area contributed by atoms with E-state index in [0.717, 1.165) is 23.6 Å². The molecule has 0 spiro atoms. The Labute approximate surface area is 125 Å². The number of hydrogen-bond acceptors (Lipinski definition) is 3. The van der Waals surface area contributed by atoms with Gasteiger partial charge in [-0.05, 0) is 76.0 Å². The van der Waals surface area contributed by atoms with E-state index >= 15 is 0 Å². The average molecular weight is 285 g/mol. The number of likely N-dealkylation sites (tertiary alicyclic amines) is 2. The fourth-order valence-corrected chi connectivity index (χ4v) is 4.04. The smallest absolute Gasteiger partial charge is 0.0414 e. The highest BCUT2D eigenvalue weighted by molar-refractivity contribution is 7.80. The second kappa shape index (κ2) is 7.90. The molecule has 0 N–H and O–H groups in total. The summed E-state index contributed by atoms with van der Waals surface area (Å²) >= 11 is 4.38. The van der Waals surface area contributed by atoms with Crippen molar-refractivity contribution in [3.05, 3.63) is 0 Å². The van der Waals surface area contributed by atoms with Crippen LogP contribution in [0.25, 0.3) is 0 Å². The third-order valence-corrected chi connectivity index (χ3v) is 5.30. The van der Waals surface area contributed by atoms with Gasteiger partial charge < -0.3 is 4.90 Å². The minimum atomic E-state index is 0.821. The van der Waals surface area contributed by atoms with Gasteiger partial charge in [-0.3, -0.25) is 4.90 Å². The van der Waals surface area contributed by atoms with Gasteiger partial charge in [-0.25, -0.2) is 0 Å². The van der Waals surface area contributed by atoms with Gasteiger partial charge in [0, 0.05) is 12.4 Å². The van der Waals surface area contributed by atoms with Crippen LogP contribution in [0.15, 0.2) is 0 Å². The number of nitrogens with zero attached hydrogens (tertiary/aromatic N) is 2. The molecule has 0 aromatic rings. The van der Waals surface area contributed by atoms with E-state index in [9.17, 15) is 0 Å². The van der Waals surface area contributed by atoms with Crippen molar-refractivity contribution in [3.63, 3.8) is 0 Å². The van der Waals surface area contributed by atoms with Gasteiger partial charge in [-0.15, -0.1) is 0 Å². The Hall–Kier alpha value is 0.270. The molecule has 0 atom stereocenters. The predicted molar refractivity (Wildman–Crippen MR) is 86.8 cm³/mol. The van der Waals surface area contributed by atoms with Gasteiger partial charge in [-0.2, -0.15) is 12.6 Å². The molecular formula is C16H32N2S. The lowest BCUT2D eigenvalue weighted by Gasteiger charge is -2.36. The highest BCUT2D eigenvalue weighted by atomic mass is 32.1. The van der Waals surface area contributed by atoms with E-state index in [4.69, 9.17) is 0 Å². The highest BCUT2D eigenvalue weighted by Crippen LogP contribution is 2.30. The number of rotatable bonds is 5. The maximum atomic E-state index is 4.38. The fraction of sp³-hybridized carbons (Fsp3) is 1.00. The molecule has 0 amide bonds. The van der Waals surface area contributed by atoms with Crippen LogP contribution >= 0.6 is 12.6 Å². The second-order valence-corrected chi connectivity index (χ2v) is 7.36. The molecule has 2 aliphatic rings. The normalized spacial score (nSPS) is 25.3.